The number of para-hydroxylation sites is 2. The van der Waals surface area contributed by atoms with Crippen molar-refractivity contribution in [3.05, 3.63) is 202 Å². The number of fused-ring (bicyclic) bond motifs is 4. The lowest BCUT2D eigenvalue weighted by atomic mass is 9.92. The van der Waals surface area contributed by atoms with Crippen LogP contribution < -0.4 is 9.80 Å². The minimum absolute atomic E-state index is 0.00584. The third-order valence-electron chi connectivity index (χ3n) is 12.1. The van der Waals surface area contributed by atoms with Crippen LogP contribution in [0.4, 0.5) is 20.2 Å². The Bertz CT molecular complexity index is 2500. The van der Waals surface area contributed by atoms with Crippen LogP contribution in [0.25, 0.3) is 0 Å². The van der Waals surface area contributed by atoms with Crippen molar-refractivity contribution >= 4 is 35.1 Å². The second-order valence-electron chi connectivity index (χ2n) is 15.4. The topological polar surface area (TPSA) is 115 Å². The van der Waals surface area contributed by atoms with Gasteiger partial charge in [-0.1, -0.05) is 84.9 Å². The van der Waals surface area contributed by atoms with Crippen LogP contribution in [0.2, 0.25) is 0 Å². The Labute approximate surface area is 332 Å². The predicted octanol–water partition coefficient (Wildman–Crippen LogP) is 8.99. The van der Waals surface area contributed by atoms with Gasteiger partial charge in [-0.25, -0.2) is 18.4 Å². The zero-order valence-electron chi connectivity index (χ0n) is 31.0. The van der Waals surface area contributed by atoms with E-state index in [0.29, 0.717) is 25.9 Å². The van der Waals surface area contributed by atoms with Crippen LogP contribution in [0.3, 0.4) is 0 Å². The zero-order chi connectivity index (χ0) is 40.3. The molecule has 2 N–H and O–H groups in total. The van der Waals surface area contributed by atoms with Crippen molar-refractivity contribution in [1.29, 1.82) is 0 Å². The van der Waals surface area contributed by atoms with Crippen LogP contribution in [0, 0.1) is 11.6 Å². The number of hydrogen-bond acceptors (Lipinski definition) is 4. The highest BCUT2D eigenvalue weighted by atomic mass is 19.1. The molecule has 2 amide bonds. The molecule has 10 heteroatoms. The molecule has 2 heterocycles. The summed E-state index contributed by atoms with van der Waals surface area (Å²) < 4.78 is 27.5. The van der Waals surface area contributed by atoms with Crippen LogP contribution in [0.1, 0.15) is 78.8 Å². The van der Waals surface area contributed by atoms with Crippen molar-refractivity contribution in [3.63, 3.8) is 0 Å². The SMILES string of the molecule is O=C(O)c1cccc(CN2C(=O)[C@@]3(C[C@H]3c3cccc(F)c3)c3ccccc32)c1.O=C(O)c1cccc(CN2C(=O)[C@]3(C[C@@H]3c3cccc(F)c3)c3ccccc32)c1. The van der Waals surface area contributed by atoms with Crippen molar-refractivity contribution < 1.29 is 38.2 Å². The van der Waals surface area contributed by atoms with Gasteiger partial charge in [0.1, 0.15) is 11.6 Å². The normalized spacial score (nSPS) is 22.0. The summed E-state index contributed by atoms with van der Waals surface area (Å²) in [5.41, 5.74) is 5.88. The first-order valence-electron chi connectivity index (χ1n) is 19.0. The van der Waals surface area contributed by atoms with E-state index in [0.717, 1.165) is 44.8 Å². The number of rotatable bonds is 8. The summed E-state index contributed by atoms with van der Waals surface area (Å²) in [5, 5.41) is 18.5. The second kappa shape index (κ2) is 13.9. The Morgan fingerprint density at radius 2 is 0.931 bits per heavy atom. The fraction of sp³-hybridized carbons (Fsp3) is 0.167. The molecule has 2 fully saturated rings. The number of carboxylic acids is 2. The fourth-order valence-corrected chi connectivity index (χ4v) is 9.23. The average molecular weight is 775 g/mol. The van der Waals surface area contributed by atoms with Gasteiger partial charge in [0.2, 0.25) is 11.8 Å². The van der Waals surface area contributed by atoms with Gasteiger partial charge in [0, 0.05) is 23.2 Å². The molecule has 2 spiro atoms. The van der Waals surface area contributed by atoms with E-state index in [-0.39, 0.29) is 46.4 Å². The van der Waals surface area contributed by atoms with Gasteiger partial charge < -0.3 is 20.0 Å². The van der Waals surface area contributed by atoms with Gasteiger partial charge in [-0.3, -0.25) is 9.59 Å². The first-order valence-corrected chi connectivity index (χ1v) is 19.0. The predicted molar refractivity (Wildman–Crippen MR) is 213 cm³/mol. The summed E-state index contributed by atoms with van der Waals surface area (Å²) in [4.78, 5) is 53.1. The summed E-state index contributed by atoms with van der Waals surface area (Å²) in [7, 11) is 0. The van der Waals surface area contributed by atoms with E-state index in [1.165, 1.54) is 36.4 Å². The monoisotopic (exact) mass is 774 g/mol. The molecule has 8 nitrogen and oxygen atoms in total. The lowest BCUT2D eigenvalue weighted by molar-refractivity contribution is -0.121. The van der Waals surface area contributed by atoms with Crippen molar-refractivity contribution in [2.75, 3.05) is 9.80 Å². The Hall–Kier alpha value is -6.94. The summed E-state index contributed by atoms with van der Waals surface area (Å²) in [6.45, 7) is 0.600. The van der Waals surface area contributed by atoms with Gasteiger partial charge in [0.15, 0.2) is 0 Å². The van der Waals surface area contributed by atoms with Crippen LogP contribution in [0.5, 0.6) is 0 Å². The van der Waals surface area contributed by atoms with E-state index in [2.05, 4.69) is 0 Å². The average Bonchev–Trinajstić information content (AvgIpc) is 4.14. The molecule has 2 aliphatic heterocycles. The van der Waals surface area contributed by atoms with Crippen LogP contribution >= 0.6 is 0 Å². The highest BCUT2D eigenvalue weighted by Gasteiger charge is 2.68. The van der Waals surface area contributed by atoms with E-state index in [1.54, 1.807) is 46.2 Å². The highest BCUT2D eigenvalue weighted by Crippen LogP contribution is 2.67. The third kappa shape index (κ3) is 6.03. The number of amides is 2. The Balaban J connectivity index is 0.000000150. The lowest BCUT2D eigenvalue weighted by Gasteiger charge is -2.19. The summed E-state index contributed by atoms with van der Waals surface area (Å²) in [6.07, 6.45) is 1.30. The number of benzene rings is 6. The van der Waals surface area contributed by atoms with Gasteiger partial charge in [0.05, 0.1) is 35.0 Å². The van der Waals surface area contributed by atoms with Gasteiger partial charge in [0.25, 0.3) is 0 Å². The minimum atomic E-state index is -0.996. The standard InChI is InChI=1S/2C24H18FNO3/c2*25-18-8-4-6-16(12-18)20-13-24(20)19-9-1-2-10-21(19)26(23(24)29)14-15-5-3-7-17(11-15)22(27)28/h2*1-12,20H,13-14H2,(H,27,28)/t2*20-,24-/m10/s1. The van der Waals surface area contributed by atoms with Gasteiger partial charge in [-0.05, 0) is 107 Å². The van der Waals surface area contributed by atoms with Gasteiger partial charge >= 0.3 is 11.9 Å². The molecule has 4 atom stereocenters. The van der Waals surface area contributed by atoms with Crippen molar-refractivity contribution in [1.82, 2.24) is 0 Å². The van der Waals surface area contributed by atoms with E-state index < -0.39 is 22.8 Å². The summed E-state index contributed by atoms with van der Waals surface area (Å²) >= 11 is 0. The Morgan fingerprint density at radius 3 is 1.33 bits per heavy atom. The van der Waals surface area contributed by atoms with E-state index >= 15 is 0 Å². The lowest BCUT2D eigenvalue weighted by Crippen LogP contribution is -2.32. The molecule has 288 valence electrons. The highest BCUT2D eigenvalue weighted by molar-refractivity contribution is 6.12. The van der Waals surface area contributed by atoms with Crippen molar-refractivity contribution in [2.45, 2.75) is 48.6 Å². The number of anilines is 2. The third-order valence-corrected chi connectivity index (χ3v) is 12.1. The quantitative estimate of drug-likeness (QED) is 0.160. The maximum absolute atomic E-state index is 13.7. The number of carbonyl (C=O) groups is 4. The van der Waals surface area contributed by atoms with E-state index in [4.69, 9.17) is 0 Å². The molecule has 0 saturated heterocycles. The molecule has 0 radical (unpaired) electrons. The molecule has 6 aromatic carbocycles. The fourth-order valence-electron chi connectivity index (χ4n) is 9.23. The molecule has 4 aliphatic rings. The first-order chi connectivity index (χ1) is 28.0. The molecule has 10 rings (SSSR count). The number of hydrogen-bond donors (Lipinski definition) is 2. The molecule has 58 heavy (non-hydrogen) atoms. The maximum Gasteiger partial charge on any atom is 0.335 e. The van der Waals surface area contributed by atoms with Crippen LogP contribution in [0.15, 0.2) is 146 Å². The van der Waals surface area contributed by atoms with Gasteiger partial charge in [-0.2, -0.15) is 0 Å². The molecule has 2 saturated carbocycles. The molecule has 6 aromatic rings. The Kier molecular flexibility index (Phi) is 8.80. The zero-order valence-corrected chi connectivity index (χ0v) is 31.0. The van der Waals surface area contributed by atoms with Crippen molar-refractivity contribution in [3.8, 4) is 0 Å². The molecule has 0 unspecified atom stereocenters. The molecule has 2 aliphatic carbocycles. The molecular weight excluding hydrogens is 739 g/mol. The van der Waals surface area contributed by atoms with Crippen molar-refractivity contribution in [2.24, 2.45) is 0 Å². The number of nitrogens with zero attached hydrogens (tertiary/aromatic N) is 2. The number of halogens is 2. The molecule has 0 bridgehead atoms. The second-order valence-corrected chi connectivity index (χ2v) is 15.4. The number of carbonyl (C=O) groups excluding carboxylic acids is 2. The maximum atomic E-state index is 13.7. The van der Waals surface area contributed by atoms with Crippen LogP contribution in [-0.2, 0) is 33.5 Å². The summed E-state index contributed by atoms with van der Waals surface area (Å²) in [6, 6.07) is 41.6. The first kappa shape index (κ1) is 36.7. The van der Waals surface area contributed by atoms with E-state index in [9.17, 15) is 38.2 Å². The molecule has 0 aromatic heterocycles. The largest absolute Gasteiger partial charge is 0.478 e. The smallest absolute Gasteiger partial charge is 0.335 e. The summed E-state index contributed by atoms with van der Waals surface area (Å²) in [5.74, 6) is -2.71. The Morgan fingerprint density at radius 1 is 0.534 bits per heavy atom. The number of carboxylic acid groups (broad SMARTS) is 2. The van der Waals surface area contributed by atoms with E-state index in [1.807, 2.05) is 72.8 Å². The van der Waals surface area contributed by atoms with Crippen LogP contribution in [-0.4, -0.2) is 34.0 Å². The minimum Gasteiger partial charge on any atom is -0.478 e. The number of aromatic carboxylic acids is 2. The van der Waals surface area contributed by atoms with Gasteiger partial charge in [-0.15, -0.1) is 0 Å². The molecular formula is C48H36F2N2O6.